The third kappa shape index (κ3) is 376. The van der Waals surface area contributed by atoms with Gasteiger partial charge in [-0.2, -0.15) is 0 Å². The first-order valence-corrected chi connectivity index (χ1v) is 67.0. The maximum absolute atomic E-state index is 1.67. The second-order valence-corrected chi connectivity index (χ2v) is 0. The molecule has 41 heavy (non-hydrogen) atoms. The van der Waals surface area contributed by atoms with Gasteiger partial charge in [-0.25, -0.2) is 0 Å². The van der Waals surface area contributed by atoms with Gasteiger partial charge < -0.3 is 0 Å². The van der Waals surface area contributed by atoms with Crippen molar-refractivity contribution in [3.05, 3.63) is 0 Å². The molecule has 0 rings (SSSR count). The predicted octanol–water partition coefficient (Wildman–Crippen LogP) is -0.103. The van der Waals surface area contributed by atoms with Crippen molar-refractivity contribution in [2.75, 3.05) is 0 Å². The first-order valence-electron chi connectivity index (χ1n) is 1.00. The van der Waals surface area contributed by atoms with Gasteiger partial charge in [-0.15, -0.1) is 0 Å². The summed E-state index contributed by atoms with van der Waals surface area (Å²) in [5, 5.41) is 0. The summed E-state index contributed by atoms with van der Waals surface area (Å²) in [5.74, 6) is 0. The molecular formula is W41. The number of hydrogen-bond acceptors (Lipinski definition) is 0. The van der Waals surface area contributed by atoms with E-state index in [2.05, 4.69) is 0 Å². The summed E-state index contributed by atoms with van der Waals surface area (Å²) in [6.07, 6.45) is 0. The van der Waals surface area contributed by atoms with E-state index < -0.39 is 0 Å². The molecule has 0 saturated carbocycles. The van der Waals surface area contributed by atoms with Crippen LogP contribution in [-0.2, 0) is 805 Å². The van der Waals surface area contributed by atoms with E-state index in [1.165, 1.54) is 0 Å². The quantitative estimate of drug-likeness (QED) is 0.319. The Kier molecular flexibility index (Phi) is 2600. The van der Waals surface area contributed by atoms with Crippen LogP contribution in [0.3, 0.4) is 0 Å². The Hall–Kier alpha value is 28.2. The van der Waals surface area contributed by atoms with Crippen LogP contribution in [0.5, 0.6) is 0 Å². The van der Waals surface area contributed by atoms with E-state index in [1.807, 2.05) is 0 Å². The first-order chi connectivity index (χ1) is 6.00. The van der Waals surface area contributed by atoms with Crippen molar-refractivity contribution in [1.29, 1.82) is 0 Å². The molecule has 0 N–H and O–H groups in total. The molecule has 0 radical (unpaired) electrons. The number of rotatable bonds is 0. The molecule has 0 saturated heterocycles. The number of hydrogen-bond donors (Lipinski definition) is 0. The minimum atomic E-state index is 0. The molecule has 0 fully saturated rings. The van der Waals surface area contributed by atoms with Gasteiger partial charge in [0.05, 0.1) is 0 Å². The van der Waals surface area contributed by atoms with Crippen LogP contribution in [-0.4, -0.2) is 0 Å². The Bertz CT molecular complexity index is 31.6. The second kappa shape index (κ2) is 387. The van der Waals surface area contributed by atoms with E-state index in [9.17, 15) is 0 Å². The Morgan fingerprint density at radius 2 is 0.0976 bits per heavy atom. The molecule has 0 aromatic heterocycles. The molecule has 0 aliphatic carbocycles. The van der Waals surface area contributed by atoms with Gasteiger partial charge in [0.1, 0.15) is 0 Å². The second-order valence-electron chi connectivity index (χ2n) is 0. The van der Waals surface area contributed by atoms with E-state index >= 15 is 0 Å². The Labute approximate surface area is 779 Å². The molecular weight excluding hydrogens is 7540 g/mol. The van der Waals surface area contributed by atoms with Gasteiger partial charge in [0.25, 0.3) is 0 Å². The predicted molar refractivity (Wildman–Crippen MR) is 0 cm³/mol. The van der Waals surface area contributed by atoms with Gasteiger partial charge in [0.15, 0.2) is 0 Å². The van der Waals surface area contributed by atoms with Crippen LogP contribution >= 0.6 is 0 Å². The Morgan fingerprint density at radius 1 is 0.0976 bits per heavy atom. The van der Waals surface area contributed by atoms with Crippen molar-refractivity contribution in [2.24, 2.45) is 0 Å². The van der Waals surface area contributed by atoms with Gasteiger partial charge in [-0.3, -0.25) is 0 Å². The van der Waals surface area contributed by atoms with Crippen LogP contribution in [0, 0.1) is 0 Å². The molecule has 0 aromatic rings. The standard InChI is InChI=1S/41W. The SMILES string of the molecule is [W].[W].[W].[W].[W].[W].[W].[W].[W].[W].[W].[W].[W].[W].[W].[W].[W].[W].[W].[W].[W].[W].[W].[W].[W].[W].[W].[W].[W].[W]#[W].[W]=[W].[W]=[W].[W]=[W].[W]=[W].[W]=[W]. The first kappa shape index (κ1) is 275. The molecule has 0 heterocycles. The van der Waals surface area contributed by atoms with Crippen molar-refractivity contribution in [3.8, 4) is 0 Å². The normalized spacial score (nSPS) is 0.537. The summed E-state index contributed by atoms with van der Waals surface area (Å²) in [5.41, 5.74) is 0. The monoisotopic (exact) mass is 7540 g/mol. The van der Waals surface area contributed by atoms with Crippen LogP contribution in [0.15, 0.2) is 0 Å². The fraction of sp³-hybridized carbons (Fsp3) is 0. The third-order valence-electron chi connectivity index (χ3n) is 0. The molecule has 246 valence electrons. The Morgan fingerprint density at radius 3 is 0.0976 bits per heavy atom. The summed E-state index contributed by atoms with van der Waals surface area (Å²) < 4.78 is 0. The molecule has 0 atom stereocenters. The van der Waals surface area contributed by atoms with Crippen molar-refractivity contribution in [2.45, 2.75) is 0 Å². The zero-order chi connectivity index (χ0) is 12.0. The molecule has 0 aliphatic rings. The molecule has 0 unspecified atom stereocenters. The Balaban J connectivity index is -0.000000000280. The summed E-state index contributed by atoms with van der Waals surface area (Å²) in [6.45, 7) is 0. The van der Waals surface area contributed by atoms with Gasteiger partial charge in [-0.1, -0.05) is 0 Å². The molecule has 0 nitrogen and oxygen atoms in total. The van der Waals surface area contributed by atoms with Crippen molar-refractivity contribution in [3.63, 3.8) is 0 Å². The molecule has 0 spiro atoms. The third-order valence-corrected chi connectivity index (χ3v) is 0. The van der Waals surface area contributed by atoms with Gasteiger partial charge in [0.2, 0.25) is 0 Å². The molecule has 0 bridgehead atoms. The fourth-order valence-corrected chi connectivity index (χ4v) is 0. The van der Waals surface area contributed by atoms with Crippen molar-refractivity contribution in [1.82, 2.24) is 0 Å². The average molecular weight is 7540 g/mol. The van der Waals surface area contributed by atoms with Crippen molar-refractivity contribution >= 4 is 0 Å². The van der Waals surface area contributed by atoms with Crippen molar-refractivity contribution < 1.29 is 805 Å². The maximum atomic E-state index is 1.67. The van der Waals surface area contributed by atoms with E-state index in [4.69, 9.17) is 0 Å². The van der Waals surface area contributed by atoms with E-state index in [1.54, 1.807) is 194 Å². The zero-order valence-electron chi connectivity index (χ0n) is 16.7. The summed E-state index contributed by atoms with van der Waals surface area (Å²) >= 11 is 20.0. The summed E-state index contributed by atoms with van der Waals surface area (Å²) in [4.78, 5) is 0. The zero-order valence-corrected chi connectivity index (χ0v) is 137. The van der Waals surface area contributed by atoms with Crippen LogP contribution < -0.4 is 0 Å². The van der Waals surface area contributed by atoms with Crippen LogP contribution in [0.1, 0.15) is 0 Å². The van der Waals surface area contributed by atoms with Crippen LogP contribution in [0.4, 0.5) is 0 Å². The van der Waals surface area contributed by atoms with Crippen LogP contribution in [0.2, 0.25) is 0 Å². The van der Waals surface area contributed by atoms with E-state index in [0.29, 0.717) is 0 Å². The average Bonchev–Trinajstić information content (AvgIpc) is 2.33. The van der Waals surface area contributed by atoms with Gasteiger partial charge in [-0.05, 0) is 0 Å². The topological polar surface area (TPSA) is 0 Å². The molecule has 0 aromatic carbocycles. The van der Waals surface area contributed by atoms with Gasteiger partial charge in [0, 0.05) is 611 Å². The van der Waals surface area contributed by atoms with Crippen LogP contribution in [0.25, 0.3) is 0 Å². The van der Waals surface area contributed by atoms with E-state index in [-0.39, 0.29) is 611 Å². The van der Waals surface area contributed by atoms with E-state index in [0.717, 1.165) is 0 Å². The molecule has 0 aliphatic heterocycles. The molecule has 41 heteroatoms. The fourth-order valence-electron chi connectivity index (χ4n) is 0. The minimum absolute atomic E-state index is 0. The summed E-state index contributed by atoms with van der Waals surface area (Å²) in [6, 6.07) is 0. The van der Waals surface area contributed by atoms with Gasteiger partial charge >= 0.3 is 194 Å². The molecule has 0 amide bonds. The summed E-state index contributed by atoms with van der Waals surface area (Å²) in [7, 11) is 0.